The van der Waals surface area contributed by atoms with Gasteiger partial charge in [0.25, 0.3) is 0 Å². The maximum atomic E-state index is 11.8. The van der Waals surface area contributed by atoms with Gasteiger partial charge in [0, 0.05) is 19.7 Å². The molecule has 0 aromatic rings. The maximum absolute atomic E-state index is 11.8. The number of hydrogen-bond donors (Lipinski definition) is 2. The number of aliphatic hydroxyl groups excluding tert-OH is 2. The third-order valence-electron chi connectivity index (χ3n) is 1.56. The Morgan fingerprint density at radius 3 is 2.31 bits per heavy atom. The van der Waals surface area contributed by atoms with Crippen LogP contribution in [-0.2, 0) is 0 Å². The summed E-state index contributed by atoms with van der Waals surface area (Å²) in [6, 6.07) is 0. The molecule has 3 nitrogen and oxygen atoms in total. The second-order valence-electron chi connectivity index (χ2n) is 2.90. The molecule has 0 fully saturated rings. The average Bonchev–Trinajstić information content (AvgIpc) is 1.99. The van der Waals surface area contributed by atoms with Crippen molar-refractivity contribution in [3.63, 3.8) is 0 Å². The molecule has 0 saturated heterocycles. The first kappa shape index (κ1) is 12.7. The van der Waals surface area contributed by atoms with Crippen molar-refractivity contribution in [2.24, 2.45) is 0 Å². The molecule has 0 saturated carbocycles. The number of likely N-dealkylation sites (N-methyl/N-ethyl adjacent to an activating group) is 1. The fraction of sp³-hybridized carbons (Fsp3) is 1.00. The molecule has 80 valence electrons. The van der Waals surface area contributed by atoms with Crippen molar-refractivity contribution in [1.29, 1.82) is 0 Å². The standard InChI is InChI=1S/C7H14F3NO2/c1-11(3-2-4-12)5-6(13)7(8,9)10/h6,12-13H,2-5H2,1H3. The molecular weight excluding hydrogens is 187 g/mol. The largest absolute Gasteiger partial charge is 0.415 e. The van der Waals surface area contributed by atoms with Gasteiger partial charge >= 0.3 is 6.18 Å². The lowest BCUT2D eigenvalue weighted by molar-refractivity contribution is -0.207. The minimum absolute atomic E-state index is 0.0630. The van der Waals surface area contributed by atoms with Crippen LogP contribution in [0.5, 0.6) is 0 Å². The lowest BCUT2D eigenvalue weighted by Gasteiger charge is -2.21. The van der Waals surface area contributed by atoms with E-state index in [-0.39, 0.29) is 6.61 Å². The Morgan fingerprint density at radius 2 is 1.92 bits per heavy atom. The molecule has 0 rings (SSSR count). The van der Waals surface area contributed by atoms with Crippen LogP contribution in [-0.4, -0.2) is 54.1 Å². The van der Waals surface area contributed by atoms with Gasteiger partial charge < -0.3 is 15.1 Å². The Morgan fingerprint density at radius 1 is 1.38 bits per heavy atom. The first-order valence-electron chi connectivity index (χ1n) is 3.92. The predicted octanol–water partition coefficient (Wildman–Crippen LogP) is 0.224. The minimum Gasteiger partial charge on any atom is -0.396 e. The van der Waals surface area contributed by atoms with Gasteiger partial charge in [-0.1, -0.05) is 0 Å². The summed E-state index contributed by atoms with van der Waals surface area (Å²) in [5, 5.41) is 17.0. The molecule has 0 bridgehead atoms. The van der Waals surface area contributed by atoms with E-state index in [1.807, 2.05) is 0 Å². The van der Waals surface area contributed by atoms with Crippen LogP contribution in [0.3, 0.4) is 0 Å². The number of hydrogen-bond acceptors (Lipinski definition) is 3. The van der Waals surface area contributed by atoms with E-state index in [0.29, 0.717) is 13.0 Å². The Kier molecular flexibility index (Phi) is 5.27. The molecule has 1 unspecified atom stereocenters. The smallest absolute Gasteiger partial charge is 0.396 e. The topological polar surface area (TPSA) is 43.7 Å². The van der Waals surface area contributed by atoms with Gasteiger partial charge in [0.1, 0.15) is 0 Å². The van der Waals surface area contributed by atoms with Crippen molar-refractivity contribution in [3.05, 3.63) is 0 Å². The molecule has 0 aliphatic carbocycles. The third-order valence-corrected chi connectivity index (χ3v) is 1.56. The van der Waals surface area contributed by atoms with E-state index >= 15 is 0 Å². The Hall–Kier alpha value is -0.330. The van der Waals surface area contributed by atoms with Crippen LogP contribution in [0.15, 0.2) is 0 Å². The molecule has 0 aliphatic heterocycles. The lowest BCUT2D eigenvalue weighted by Crippen LogP contribution is -2.39. The molecule has 6 heteroatoms. The quantitative estimate of drug-likeness (QED) is 0.669. The zero-order chi connectivity index (χ0) is 10.5. The summed E-state index contributed by atoms with van der Waals surface area (Å²) in [5.41, 5.74) is 0. The highest BCUT2D eigenvalue weighted by Gasteiger charge is 2.38. The summed E-state index contributed by atoms with van der Waals surface area (Å²) in [6.45, 7) is -0.181. The zero-order valence-electron chi connectivity index (χ0n) is 7.38. The average molecular weight is 201 g/mol. The van der Waals surface area contributed by atoms with E-state index in [1.54, 1.807) is 0 Å². The van der Waals surface area contributed by atoms with E-state index in [0.717, 1.165) is 0 Å². The SMILES string of the molecule is CN(CCCO)CC(O)C(F)(F)F. The highest BCUT2D eigenvalue weighted by molar-refractivity contribution is 4.68. The van der Waals surface area contributed by atoms with Crippen molar-refractivity contribution in [1.82, 2.24) is 4.90 Å². The van der Waals surface area contributed by atoms with Gasteiger partial charge in [0.05, 0.1) is 0 Å². The molecule has 2 N–H and O–H groups in total. The molecule has 0 aromatic carbocycles. The molecule has 1 atom stereocenters. The van der Waals surface area contributed by atoms with E-state index in [1.165, 1.54) is 11.9 Å². The Bertz CT molecular complexity index is 140. The second kappa shape index (κ2) is 5.41. The molecule has 0 aliphatic rings. The summed E-state index contributed by atoms with van der Waals surface area (Å²) < 4.78 is 35.4. The number of nitrogens with zero attached hydrogens (tertiary/aromatic N) is 1. The van der Waals surface area contributed by atoms with Crippen molar-refractivity contribution in [3.8, 4) is 0 Å². The van der Waals surface area contributed by atoms with Crippen LogP contribution in [0.2, 0.25) is 0 Å². The Balaban J connectivity index is 3.71. The number of alkyl halides is 3. The van der Waals surface area contributed by atoms with Gasteiger partial charge in [-0.25, -0.2) is 0 Å². The van der Waals surface area contributed by atoms with Crippen LogP contribution in [0, 0.1) is 0 Å². The van der Waals surface area contributed by atoms with Gasteiger partial charge in [-0.2, -0.15) is 13.2 Å². The monoisotopic (exact) mass is 201 g/mol. The fourth-order valence-corrected chi connectivity index (χ4v) is 0.831. The molecule has 0 spiro atoms. The number of aliphatic hydroxyl groups is 2. The highest BCUT2D eigenvalue weighted by atomic mass is 19.4. The van der Waals surface area contributed by atoms with Crippen LogP contribution in [0.1, 0.15) is 6.42 Å². The van der Waals surface area contributed by atoms with Crippen molar-refractivity contribution >= 4 is 0 Å². The van der Waals surface area contributed by atoms with Gasteiger partial charge in [0.15, 0.2) is 6.10 Å². The third kappa shape index (κ3) is 5.84. The fourth-order valence-electron chi connectivity index (χ4n) is 0.831. The van der Waals surface area contributed by atoms with Crippen LogP contribution < -0.4 is 0 Å². The summed E-state index contributed by atoms with van der Waals surface area (Å²) in [4.78, 5) is 1.33. The first-order valence-corrected chi connectivity index (χ1v) is 3.92. The van der Waals surface area contributed by atoms with Gasteiger partial charge in [0.2, 0.25) is 0 Å². The van der Waals surface area contributed by atoms with Crippen molar-refractivity contribution < 1.29 is 23.4 Å². The van der Waals surface area contributed by atoms with Crippen LogP contribution >= 0.6 is 0 Å². The van der Waals surface area contributed by atoms with E-state index in [4.69, 9.17) is 10.2 Å². The van der Waals surface area contributed by atoms with Crippen molar-refractivity contribution in [2.45, 2.75) is 18.7 Å². The molecule has 13 heavy (non-hydrogen) atoms. The lowest BCUT2D eigenvalue weighted by atomic mass is 10.3. The molecule has 0 amide bonds. The molecule has 0 heterocycles. The normalized spacial score (nSPS) is 15.0. The summed E-state index contributed by atoms with van der Waals surface area (Å²) >= 11 is 0. The zero-order valence-corrected chi connectivity index (χ0v) is 7.38. The molecule has 0 radical (unpaired) electrons. The van der Waals surface area contributed by atoms with E-state index < -0.39 is 18.8 Å². The van der Waals surface area contributed by atoms with E-state index in [9.17, 15) is 13.2 Å². The van der Waals surface area contributed by atoms with E-state index in [2.05, 4.69) is 0 Å². The van der Waals surface area contributed by atoms with Crippen LogP contribution in [0.25, 0.3) is 0 Å². The van der Waals surface area contributed by atoms with Gasteiger partial charge in [-0.05, 0) is 13.5 Å². The summed E-state index contributed by atoms with van der Waals surface area (Å²) in [6.07, 6.45) is -6.47. The predicted molar refractivity (Wildman–Crippen MR) is 41.3 cm³/mol. The summed E-state index contributed by atoms with van der Waals surface area (Å²) in [7, 11) is 1.46. The molecule has 0 aromatic heterocycles. The van der Waals surface area contributed by atoms with Crippen molar-refractivity contribution in [2.75, 3.05) is 26.7 Å². The van der Waals surface area contributed by atoms with Gasteiger partial charge in [-0.15, -0.1) is 0 Å². The Labute approximate surface area is 74.8 Å². The second-order valence-corrected chi connectivity index (χ2v) is 2.90. The highest BCUT2D eigenvalue weighted by Crippen LogP contribution is 2.20. The first-order chi connectivity index (χ1) is 5.88. The minimum atomic E-state index is -4.56. The number of halogens is 3. The number of rotatable bonds is 5. The maximum Gasteiger partial charge on any atom is 0.415 e. The van der Waals surface area contributed by atoms with Crippen LogP contribution in [0.4, 0.5) is 13.2 Å². The van der Waals surface area contributed by atoms with Gasteiger partial charge in [-0.3, -0.25) is 0 Å². The summed E-state index contributed by atoms with van der Waals surface area (Å²) in [5.74, 6) is 0. The molecular formula is C7H14F3NO2.